The molecule has 0 aliphatic carbocycles. The first-order valence-electron chi connectivity index (χ1n) is 6.67. The predicted molar refractivity (Wildman–Crippen MR) is 72.5 cm³/mol. The van der Waals surface area contributed by atoms with Crippen molar-refractivity contribution in [1.29, 1.82) is 0 Å². The summed E-state index contributed by atoms with van der Waals surface area (Å²) in [7, 11) is 0. The molecule has 0 heterocycles. The maximum absolute atomic E-state index is 9.34. The van der Waals surface area contributed by atoms with Gasteiger partial charge in [-0.25, -0.2) is 0 Å². The first-order chi connectivity index (χ1) is 8.79. The van der Waals surface area contributed by atoms with Crippen molar-refractivity contribution in [3.8, 4) is 0 Å². The van der Waals surface area contributed by atoms with Crippen molar-refractivity contribution in [2.45, 2.75) is 37.5 Å². The Labute approximate surface area is 109 Å². The second-order valence-corrected chi connectivity index (χ2v) is 4.77. The highest BCUT2D eigenvalue weighted by Crippen LogP contribution is 2.37. The van der Waals surface area contributed by atoms with E-state index < -0.39 is 0 Å². The molecule has 0 aromatic heterocycles. The van der Waals surface area contributed by atoms with Crippen molar-refractivity contribution in [3.05, 3.63) is 35.9 Å². The molecule has 102 valence electrons. The van der Waals surface area contributed by atoms with Gasteiger partial charge < -0.3 is 15.3 Å². The quantitative estimate of drug-likeness (QED) is 0.628. The molecule has 0 amide bonds. The molecule has 1 aromatic carbocycles. The van der Waals surface area contributed by atoms with Crippen LogP contribution in [0.15, 0.2) is 30.3 Å². The number of rotatable bonds is 9. The molecule has 0 saturated heterocycles. The average Bonchev–Trinajstić information content (AvgIpc) is 2.43. The summed E-state index contributed by atoms with van der Waals surface area (Å²) in [4.78, 5) is 0. The summed E-state index contributed by atoms with van der Waals surface area (Å²) in [6.45, 7) is 0.462. The van der Waals surface area contributed by atoms with Crippen LogP contribution in [0.1, 0.15) is 37.7 Å². The lowest BCUT2D eigenvalue weighted by Gasteiger charge is -2.34. The van der Waals surface area contributed by atoms with Gasteiger partial charge in [0.05, 0.1) is 0 Å². The van der Waals surface area contributed by atoms with Crippen molar-refractivity contribution in [2.75, 3.05) is 19.8 Å². The Hall–Kier alpha value is -0.900. The van der Waals surface area contributed by atoms with Gasteiger partial charge in [-0.2, -0.15) is 0 Å². The Balaban J connectivity index is 2.94. The summed E-state index contributed by atoms with van der Waals surface area (Å²) < 4.78 is 0. The van der Waals surface area contributed by atoms with E-state index in [9.17, 15) is 5.11 Å². The highest BCUT2D eigenvalue weighted by molar-refractivity contribution is 5.25. The number of hydrogen-bond acceptors (Lipinski definition) is 3. The highest BCUT2D eigenvalue weighted by Gasteiger charge is 2.30. The van der Waals surface area contributed by atoms with Crippen molar-refractivity contribution in [3.63, 3.8) is 0 Å². The fourth-order valence-corrected chi connectivity index (χ4v) is 2.65. The molecule has 0 bridgehead atoms. The van der Waals surface area contributed by atoms with Gasteiger partial charge >= 0.3 is 0 Å². The second kappa shape index (κ2) is 8.25. The molecule has 0 radical (unpaired) electrons. The van der Waals surface area contributed by atoms with Crippen LogP contribution in [0.3, 0.4) is 0 Å². The standard InChI is InChI=1S/C15H24O3/c16-11-4-8-15(10-13-18,9-5-12-17)14-6-2-1-3-7-14/h1-3,6-7,16-18H,4-5,8-13H2. The van der Waals surface area contributed by atoms with E-state index in [1.165, 1.54) is 5.56 Å². The van der Waals surface area contributed by atoms with E-state index in [2.05, 4.69) is 12.1 Å². The van der Waals surface area contributed by atoms with E-state index >= 15 is 0 Å². The largest absolute Gasteiger partial charge is 0.396 e. The monoisotopic (exact) mass is 252 g/mol. The molecule has 0 atom stereocenters. The lowest BCUT2D eigenvalue weighted by molar-refractivity contribution is 0.186. The number of aliphatic hydroxyl groups is 3. The van der Waals surface area contributed by atoms with Crippen molar-refractivity contribution in [2.24, 2.45) is 0 Å². The molecule has 1 aromatic rings. The van der Waals surface area contributed by atoms with Crippen LogP contribution in [-0.2, 0) is 5.41 Å². The maximum atomic E-state index is 9.34. The van der Waals surface area contributed by atoms with Gasteiger partial charge in [-0.05, 0) is 43.1 Å². The molecule has 0 unspecified atom stereocenters. The van der Waals surface area contributed by atoms with Gasteiger partial charge in [0.2, 0.25) is 0 Å². The van der Waals surface area contributed by atoms with E-state index in [1.54, 1.807) is 0 Å². The molecule has 3 heteroatoms. The summed E-state index contributed by atoms with van der Waals surface area (Å²) in [5.74, 6) is 0. The van der Waals surface area contributed by atoms with Crippen LogP contribution in [0.25, 0.3) is 0 Å². The minimum Gasteiger partial charge on any atom is -0.396 e. The lowest BCUT2D eigenvalue weighted by atomic mass is 9.71. The predicted octanol–water partition coefficient (Wildman–Crippen LogP) is 1.85. The molecule has 3 nitrogen and oxygen atoms in total. The number of hydrogen-bond donors (Lipinski definition) is 3. The zero-order chi connectivity index (χ0) is 13.3. The Kier molecular flexibility index (Phi) is 6.94. The summed E-state index contributed by atoms with van der Waals surface area (Å²) in [5, 5.41) is 27.5. The Morgan fingerprint density at radius 2 is 1.28 bits per heavy atom. The summed E-state index contributed by atoms with van der Waals surface area (Å²) in [5.41, 5.74) is 1.07. The molecule has 0 fully saturated rings. The molecular formula is C15H24O3. The van der Waals surface area contributed by atoms with E-state index in [1.807, 2.05) is 18.2 Å². The second-order valence-electron chi connectivity index (χ2n) is 4.77. The third-order valence-electron chi connectivity index (χ3n) is 3.60. The van der Waals surface area contributed by atoms with Crippen LogP contribution in [0.2, 0.25) is 0 Å². The fraction of sp³-hybridized carbons (Fsp3) is 0.600. The molecule has 0 aliphatic heterocycles. The molecule has 0 aliphatic rings. The van der Waals surface area contributed by atoms with Gasteiger partial charge in [-0.3, -0.25) is 0 Å². The average molecular weight is 252 g/mol. The van der Waals surface area contributed by atoms with E-state index in [0.29, 0.717) is 6.42 Å². The number of aliphatic hydroxyl groups excluding tert-OH is 3. The minimum absolute atomic E-state index is 0.124. The molecule has 1 rings (SSSR count). The Bertz CT molecular complexity index is 303. The highest BCUT2D eigenvalue weighted by atomic mass is 16.3. The topological polar surface area (TPSA) is 60.7 Å². The van der Waals surface area contributed by atoms with Crippen molar-refractivity contribution >= 4 is 0 Å². The van der Waals surface area contributed by atoms with Crippen molar-refractivity contribution < 1.29 is 15.3 Å². The molecular weight excluding hydrogens is 228 g/mol. The van der Waals surface area contributed by atoms with E-state index in [-0.39, 0.29) is 25.2 Å². The fourth-order valence-electron chi connectivity index (χ4n) is 2.65. The summed E-state index contributed by atoms with van der Waals surface area (Å²) in [6.07, 6.45) is 3.81. The smallest absolute Gasteiger partial charge is 0.0439 e. The van der Waals surface area contributed by atoms with Crippen LogP contribution >= 0.6 is 0 Å². The maximum Gasteiger partial charge on any atom is 0.0439 e. The minimum atomic E-state index is -0.124. The normalized spacial score (nSPS) is 11.7. The molecule has 3 N–H and O–H groups in total. The SMILES string of the molecule is OCCCC(CCO)(CCCO)c1ccccc1. The van der Waals surface area contributed by atoms with Gasteiger partial charge in [-0.1, -0.05) is 30.3 Å². The van der Waals surface area contributed by atoms with Crippen LogP contribution in [0.5, 0.6) is 0 Å². The lowest BCUT2D eigenvalue weighted by Crippen LogP contribution is -2.28. The van der Waals surface area contributed by atoms with Crippen LogP contribution in [0.4, 0.5) is 0 Å². The Morgan fingerprint density at radius 1 is 0.722 bits per heavy atom. The first kappa shape index (κ1) is 15.2. The zero-order valence-corrected chi connectivity index (χ0v) is 10.9. The summed E-state index contributed by atoms with van der Waals surface area (Å²) in [6, 6.07) is 10.1. The van der Waals surface area contributed by atoms with E-state index in [4.69, 9.17) is 10.2 Å². The third kappa shape index (κ3) is 4.09. The van der Waals surface area contributed by atoms with Crippen LogP contribution in [0, 0.1) is 0 Å². The Morgan fingerprint density at radius 3 is 1.72 bits per heavy atom. The van der Waals surface area contributed by atoms with Crippen LogP contribution < -0.4 is 0 Å². The van der Waals surface area contributed by atoms with Crippen LogP contribution in [-0.4, -0.2) is 35.1 Å². The van der Waals surface area contributed by atoms with Gasteiger partial charge in [-0.15, -0.1) is 0 Å². The first-order valence-corrected chi connectivity index (χ1v) is 6.67. The van der Waals surface area contributed by atoms with Crippen molar-refractivity contribution in [1.82, 2.24) is 0 Å². The zero-order valence-electron chi connectivity index (χ0n) is 10.9. The molecule has 0 saturated carbocycles. The number of benzene rings is 1. The van der Waals surface area contributed by atoms with Gasteiger partial charge in [0, 0.05) is 19.8 Å². The van der Waals surface area contributed by atoms with Gasteiger partial charge in [0.1, 0.15) is 0 Å². The van der Waals surface area contributed by atoms with Gasteiger partial charge in [0.25, 0.3) is 0 Å². The van der Waals surface area contributed by atoms with E-state index in [0.717, 1.165) is 25.7 Å². The third-order valence-corrected chi connectivity index (χ3v) is 3.60. The van der Waals surface area contributed by atoms with Gasteiger partial charge in [0.15, 0.2) is 0 Å². The summed E-state index contributed by atoms with van der Waals surface area (Å²) >= 11 is 0. The molecule has 0 spiro atoms. The molecule has 18 heavy (non-hydrogen) atoms.